The predicted molar refractivity (Wildman–Crippen MR) is 87.3 cm³/mol. The highest BCUT2D eigenvalue weighted by Crippen LogP contribution is 2.33. The van der Waals surface area contributed by atoms with Gasteiger partial charge in [-0.3, -0.25) is 0 Å². The molecule has 21 heavy (non-hydrogen) atoms. The number of hydrogen-bond acceptors (Lipinski definition) is 3. The standard InChI is InChI=1S/C16H18BrFN2O/c1-20(13-6-4-12(18)5-7-13)15(10-19)14-9-11(17)3-8-16(14)21-2/h3-9,15H,10,19H2,1-2H3. The predicted octanol–water partition coefficient (Wildman–Crippen LogP) is 3.73. The molecule has 2 aromatic carbocycles. The van der Waals surface area contributed by atoms with Crippen LogP contribution in [0.5, 0.6) is 5.75 Å². The number of halogens is 2. The molecule has 0 saturated carbocycles. The maximum atomic E-state index is 13.1. The van der Waals surface area contributed by atoms with E-state index in [2.05, 4.69) is 15.9 Å². The van der Waals surface area contributed by atoms with Crippen molar-refractivity contribution >= 4 is 21.6 Å². The minimum Gasteiger partial charge on any atom is -0.496 e. The summed E-state index contributed by atoms with van der Waals surface area (Å²) in [4.78, 5) is 2.02. The molecule has 0 aliphatic heterocycles. The zero-order valence-electron chi connectivity index (χ0n) is 12.0. The molecule has 0 aromatic heterocycles. The first-order chi connectivity index (χ1) is 10.1. The van der Waals surface area contributed by atoms with Crippen molar-refractivity contribution in [2.24, 2.45) is 5.73 Å². The minimum atomic E-state index is -0.253. The molecule has 0 amide bonds. The lowest BCUT2D eigenvalue weighted by molar-refractivity contribution is 0.405. The molecule has 2 N–H and O–H groups in total. The Morgan fingerprint density at radius 1 is 1.24 bits per heavy atom. The van der Waals surface area contributed by atoms with Crippen LogP contribution < -0.4 is 15.4 Å². The molecule has 1 unspecified atom stereocenters. The third-order valence-corrected chi connectivity index (χ3v) is 3.97. The van der Waals surface area contributed by atoms with Crippen LogP contribution in [0.15, 0.2) is 46.9 Å². The third-order valence-electron chi connectivity index (χ3n) is 3.48. The molecule has 5 heteroatoms. The Balaban J connectivity index is 2.39. The maximum Gasteiger partial charge on any atom is 0.124 e. The molecule has 2 aromatic rings. The van der Waals surface area contributed by atoms with E-state index in [4.69, 9.17) is 10.5 Å². The molecule has 112 valence electrons. The van der Waals surface area contributed by atoms with Gasteiger partial charge in [-0.05, 0) is 42.5 Å². The summed E-state index contributed by atoms with van der Waals surface area (Å²) >= 11 is 3.47. The summed E-state index contributed by atoms with van der Waals surface area (Å²) in [5, 5.41) is 0. The number of ether oxygens (including phenoxy) is 1. The number of rotatable bonds is 5. The highest BCUT2D eigenvalue weighted by molar-refractivity contribution is 9.10. The number of benzene rings is 2. The van der Waals surface area contributed by atoms with Gasteiger partial charge in [0.05, 0.1) is 13.2 Å². The van der Waals surface area contributed by atoms with E-state index >= 15 is 0 Å². The van der Waals surface area contributed by atoms with Crippen LogP contribution in [-0.4, -0.2) is 20.7 Å². The number of nitrogens with zero attached hydrogens (tertiary/aromatic N) is 1. The summed E-state index contributed by atoms with van der Waals surface area (Å²) in [5.41, 5.74) is 7.84. The fraction of sp³-hybridized carbons (Fsp3) is 0.250. The number of anilines is 1. The second kappa shape index (κ2) is 6.91. The summed E-state index contributed by atoms with van der Waals surface area (Å²) in [5.74, 6) is 0.527. The topological polar surface area (TPSA) is 38.5 Å². The smallest absolute Gasteiger partial charge is 0.124 e. The lowest BCUT2D eigenvalue weighted by Crippen LogP contribution is -2.30. The normalized spacial score (nSPS) is 12.0. The van der Waals surface area contributed by atoms with E-state index in [9.17, 15) is 4.39 Å². The van der Waals surface area contributed by atoms with E-state index in [0.717, 1.165) is 21.5 Å². The van der Waals surface area contributed by atoms with Gasteiger partial charge >= 0.3 is 0 Å². The van der Waals surface area contributed by atoms with E-state index in [1.165, 1.54) is 12.1 Å². The summed E-state index contributed by atoms with van der Waals surface area (Å²) in [6.45, 7) is 0.417. The van der Waals surface area contributed by atoms with Crippen LogP contribution in [0.1, 0.15) is 11.6 Å². The molecule has 0 radical (unpaired) electrons. The van der Waals surface area contributed by atoms with E-state index in [1.54, 1.807) is 19.2 Å². The molecule has 0 fully saturated rings. The first kappa shape index (κ1) is 15.8. The van der Waals surface area contributed by atoms with Gasteiger partial charge in [0.2, 0.25) is 0 Å². The summed E-state index contributed by atoms with van der Waals surface area (Å²) < 4.78 is 19.4. The number of methoxy groups -OCH3 is 1. The Labute approximate surface area is 132 Å². The van der Waals surface area contributed by atoms with Crippen molar-refractivity contribution in [3.63, 3.8) is 0 Å². The van der Waals surface area contributed by atoms with Crippen molar-refractivity contribution < 1.29 is 9.13 Å². The van der Waals surface area contributed by atoms with Gasteiger partial charge in [-0.15, -0.1) is 0 Å². The molecular weight excluding hydrogens is 335 g/mol. The fourth-order valence-electron chi connectivity index (χ4n) is 2.32. The Bertz CT molecular complexity index is 604. The average molecular weight is 353 g/mol. The zero-order valence-corrected chi connectivity index (χ0v) is 13.6. The van der Waals surface area contributed by atoms with Gasteiger partial charge in [-0.1, -0.05) is 15.9 Å². The molecule has 0 spiro atoms. The Kier molecular flexibility index (Phi) is 5.20. The number of likely N-dealkylation sites (N-methyl/N-ethyl adjacent to an activating group) is 1. The monoisotopic (exact) mass is 352 g/mol. The van der Waals surface area contributed by atoms with E-state index in [-0.39, 0.29) is 11.9 Å². The van der Waals surface area contributed by atoms with E-state index in [1.807, 2.05) is 30.1 Å². The molecule has 1 atom stereocenters. The van der Waals surface area contributed by atoms with Crippen LogP contribution in [0, 0.1) is 5.82 Å². The van der Waals surface area contributed by atoms with Crippen LogP contribution in [0.3, 0.4) is 0 Å². The molecule has 0 aliphatic carbocycles. The zero-order chi connectivity index (χ0) is 15.4. The van der Waals surface area contributed by atoms with E-state index < -0.39 is 0 Å². The van der Waals surface area contributed by atoms with Gasteiger partial charge < -0.3 is 15.4 Å². The van der Waals surface area contributed by atoms with Crippen molar-refractivity contribution in [1.29, 1.82) is 0 Å². The van der Waals surface area contributed by atoms with Crippen LogP contribution in [0.2, 0.25) is 0 Å². The summed E-state index contributed by atoms with van der Waals surface area (Å²) in [6.07, 6.45) is 0. The lowest BCUT2D eigenvalue weighted by Gasteiger charge is -2.30. The molecule has 2 rings (SSSR count). The van der Waals surface area contributed by atoms with Gasteiger partial charge in [0.15, 0.2) is 0 Å². The van der Waals surface area contributed by atoms with Gasteiger partial charge in [0, 0.05) is 29.3 Å². The van der Waals surface area contributed by atoms with Crippen LogP contribution in [0.25, 0.3) is 0 Å². The van der Waals surface area contributed by atoms with Crippen molar-refractivity contribution in [2.45, 2.75) is 6.04 Å². The van der Waals surface area contributed by atoms with Gasteiger partial charge in [0.25, 0.3) is 0 Å². The number of nitrogens with two attached hydrogens (primary N) is 1. The Morgan fingerprint density at radius 3 is 2.48 bits per heavy atom. The first-order valence-corrected chi connectivity index (χ1v) is 7.38. The summed E-state index contributed by atoms with van der Waals surface area (Å²) in [6, 6.07) is 12.1. The minimum absolute atomic E-state index is 0.0667. The second-order valence-corrected chi connectivity index (χ2v) is 5.64. The Morgan fingerprint density at radius 2 is 1.90 bits per heavy atom. The molecule has 0 heterocycles. The van der Waals surface area contributed by atoms with Gasteiger partial charge in [-0.25, -0.2) is 4.39 Å². The van der Waals surface area contributed by atoms with Crippen molar-refractivity contribution in [3.8, 4) is 5.75 Å². The van der Waals surface area contributed by atoms with Gasteiger partial charge in [0.1, 0.15) is 11.6 Å². The van der Waals surface area contributed by atoms with Crippen molar-refractivity contribution in [2.75, 3.05) is 25.6 Å². The molecule has 3 nitrogen and oxygen atoms in total. The third kappa shape index (κ3) is 3.54. The SMILES string of the molecule is COc1ccc(Br)cc1C(CN)N(C)c1ccc(F)cc1. The molecule has 0 aliphatic rings. The molecule has 0 bridgehead atoms. The van der Waals surface area contributed by atoms with Gasteiger partial charge in [-0.2, -0.15) is 0 Å². The van der Waals surface area contributed by atoms with E-state index in [0.29, 0.717) is 6.54 Å². The number of hydrogen-bond donors (Lipinski definition) is 1. The quantitative estimate of drug-likeness (QED) is 0.890. The Hall–Kier alpha value is -1.59. The van der Waals surface area contributed by atoms with Crippen molar-refractivity contribution in [3.05, 3.63) is 58.3 Å². The summed E-state index contributed by atoms with van der Waals surface area (Å²) in [7, 11) is 3.57. The van der Waals surface area contributed by atoms with Crippen molar-refractivity contribution in [1.82, 2.24) is 0 Å². The fourth-order valence-corrected chi connectivity index (χ4v) is 2.69. The second-order valence-electron chi connectivity index (χ2n) is 4.73. The molecule has 0 saturated heterocycles. The highest BCUT2D eigenvalue weighted by Gasteiger charge is 2.20. The average Bonchev–Trinajstić information content (AvgIpc) is 2.49. The molecular formula is C16H18BrFN2O. The van der Waals surface area contributed by atoms with Crippen LogP contribution >= 0.6 is 15.9 Å². The van der Waals surface area contributed by atoms with Crippen LogP contribution in [0.4, 0.5) is 10.1 Å². The van der Waals surface area contributed by atoms with Crippen LogP contribution in [-0.2, 0) is 0 Å². The maximum absolute atomic E-state index is 13.1. The lowest BCUT2D eigenvalue weighted by atomic mass is 10.0. The largest absolute Gasteiger partial charge is 0.496 e. The first-order valence-electron chi connectivity index (χ1n) is 6.58. The highest BCUT2D eigenvalue weighted by atomic mass is 79.9.